The molecule has 0 aromatic heterocycles. The van der Waals surface area contributed by atoms with Crippen molar-refractivity contribution in [3.8, 4) is 0 Å². The standard InChI is InChI=1S/C7H16ClO5P.Na.H/c1-2-3-6-11-14(10,13-9)12-7-4-5-8;;/h9H,2-7H2,1H3;;. The number of hydrogen-bond acceptors (Lipinski definition) is 5. The van der Waals surface area contributed by atoms with Crippen molar-refractivity contribution in [2.45, 2.75) is 26.2 Å². The molecule has 0 radical (unpaired) electrons. The van der Waals surface area contributed by atoms with Crippen molar-refractivity contribution in [2.75, 3.05) is 19.1 Å². The second-order valence-corrected chi connectivity index (χ2v) is 4.54. The molecule has 15 heavy (non-hydrogen) atoms. The van der Waals surface area contributed by atoms with Crippen LogP contribution in [0.2, 0.25) is 0 Å². The van der Waals surface area contributed by atoms with Crippen LogP contribution in [0, 0.1) is 0 Å². The molecule has 0 heterocycles. The summed E-state index contributed by atoms with van der Waals surface area (Å²) in [6.07, 6.45) is 2.14. The Morgan fingerprint density at radius 1 is 1.27 bits per heavy atom. The summed E-state index contributed by atoms with van der Waals surface area (Å²) >= 11 is 5.39. The SMILES string of the molecule is CCCCOP(=O)(OO)OCCCCl.[NaH]. The summed E-state index contributed by atoms with van der Waals surface area (Å²) < 4.78 is 24.6. The fourth-order valence-corrected chi connectivity index (χ4v) is 1.62. The molecule has 0 aromatic carbocycles. The van der Waals surface area contributed by atoms with Crippen LogP contribution in [0.1, 0.15) is 26.2 Å². The molecule has 1 unspecified atom stereocenters. The molecule has 0 aliphatic carbocycles. The van der Waals surface area contributed by atoms with E-state index in [1.165, 1.54) is 0 Å². The Kier molecular flexibility index (Phi) is 14.8. The van der Waals surface area contributed by atoms with Gasteiger partial charge >= 0.3 is 37.4 Å². The zero-order valence-corrected chi connectivity index (χ0v) is 9.80. The molecular weight excluding hydrogens is 253 g/mol. The molecule has 0 saturated heterocycles. The Labute approximate surface area is 117 Å². The van der Waals surface area contributed by atoms with Crippen molar-refractivity contribution < 1.29 is 23.5 Å². The van der Waals surface area contributed by atoms with Crippen molar-refractivity contribution in [3.05, 3.63) is 0 Å². The summed E-state index contributed by atoms with van der Waals surface area (Å²) in [6.45, 7) is 2.32. The number of halogens is 1. The third-order valence-corrected chi connectivity index (χ3v) is 2.84. The number of unbranched alkanes of at least 4 members (excludes halogenated alkanes) is 1. The van der Waals surface area contributed by atoms with Crippen LogP contribution in [-0.2, 0) is 18.3 Å². The van der Waals surface area contributed by atoms with E-state index in [0.29, 0.717) is 12.3 Å². The molecule has 0 spiro atoms. The van der Waals surface area contributed by atoms with Crippen LogP contribution in [0.4, 0.5) is 0 Å². The molecule has 1 N–H and O–H groups in total. The normalized spacial score (nSPS) is 14.3. The van der Waals surface area contributed by atoms with Gasteiger partial charge in [-0.3, -0.25) is 9.05 Å². The van der Waals surface area contributed by atoms with E-state index < -0.39 is 7.82 Å². The maximum atomic E-state index is 11.4. The molecule has 0 fully saturated rings. The predicted molar refractivity (Wildman–Crippen MR) is 60.6 cm³/mol. The van der Waals surface area contributed by atoms with Crippen LogP contribution < -0.4 is 0 Å². The number of phosphoric acid groups is 1. The molecule has 1 atom stereocenters. The predicted octanol–water partition coefficient (Wildman–Crippen LogP) is 2.40. The van der Waals surface area contributed by atoms with Crippen LogP contribution >= 0.6 is 19.4 Å². The Hall–Kier alpha value is 1.36. The van der Waals surface area contributed by atoms with Crippen LogP contribution in [0.5, 0.6) is 0 Å². The average molecular weight is 271 g/mol. The molecule has 8 heteroatoms. The van der Waals surface area contributed by atoms with Gasteiger partial charge in [0.25, 0.3) is 0 Å². The van der Waals surface area contributed by atoms with Gasteiger partial charge in [0.1, 0.15) is 0 Å². The number of alkyl halides is 1. The monoisotopic (exact) mass is 270 g/mol. The molecule has 0 aromatic rings. The zero-order chi connectivity index (χ0) is 10.9. The summed E-state index contributed by atoms with van der Waals surface area (Å²) in [5.41, 5.74) is 0. The van der Waals surface area contributed by atoms with Crippen LogP contribution in [-0.4, -0.2) is 53.9 Å². The van der Waals surface area contributed by atoms with E-state index in [9.17, 15) is 4.57 Å². The van der Waals surface area contributed by atoms with Gasteiger partial charge in [-0.15, -0.1) is 16.3 Å². The van der Waals surface area contributed by atoms with Gasteiger partial charge in [-0.25, -0.2) is 9.82 Å². The zero-order valence-electron chi connectivity index (χ0n) is 8.15. The molecule has 0 aliphatic heterocycles. The first kappa shape index (κ1) is 18.7. The molecule has 0 aliphatic rings. The number of rotatable bonds is 9. The number of hydrogen-bond donors (Lipinski definition) is 1. The third-order valence-electron chi connectivity index (χ3n) is 1.37. The van der Waals surface area contributed by atoms with E-state index in [2.05, 4.69) is 4.67 Å². The van der Waals surface area contributed by atoms with Gasteiger partial charge in [0.2, 0.25) is 0 Å². The van der Waals surface area contributed by atoms with Gasteiger partial charge in [-0.2, -0.15) is 0 Å². The first-order chi connectivity index (χ1) is 6.68. The Bertz CT molecular complexity index is 169. The fraction of sp³-hybridized carbons (Fsp3) is 1.00. The fourth-order valence-electron chi connectivity index (χ4n) is 0.636. The van der Waals surface area contributed by atoms with Crippen LogP contribution in [0.25, 0.3) is 0 Å². The minimum atomic E-state index is -3.76. The third kappa shape index (κ3) is 10.2. The van der Waals surface area contributed by atoms with Gasteiger partial charge in [0.05, 0.1) is 13.2 Å². The van der Waals surface area contributed by atoms with Gasteiger partial charge in [-0.05, 0) is 12.8 Å². The van der Waals surface area contributed by atoms with Gasteiger partial charge < -0.3 is 0 Å². The van der Waals surface area contributed by atoms with Crippen LogP contribution in [0.3, 0.4) is 0 Å². The molecule has 0 saturated carbocycles. The summed E-state index contributed by atoms with van der Waals surface area (Å²) in [5, 5.41) is 8.34. The van der Waals surface area contributed by atoms with Crippen LogP contribution in [0.15, 0.2) is 0 Å². The van der Waals surface area contributed by atoms with Crippen molar-refractivity contribution in [1.82, 2.24) is 0 Å². The Balaban J connectivity index is 0. The second kappa shape index (κ2) is 11.8. The summed E-state index contributed by atoms with van der Waals surface area (Å²) in [6, 6.07) is 0. The molecular formula is C7H17ClNaO5P. The van der Waals surface area contributed by atoms with Crippen molar-refractivity contribution >= 4 is 49.0 Å². The second-order valence-electron chi connectivity index (χ2n) is 2.59. The molecule has 5 nitrogen and oxygen atoms in total. The average Bonchev–Trinajstić information content (AvgIpc) is 2.19. The first-order valence-electron chi connectivity index (χ1n) is 4.46. The van der Waals surface area contributed by atoms with E-state index in [1.807, 2.05) is 6.92 Å². The summed E-state index contributed by atoms with van der Waals surface area (Å²) in [7, 11) is -3.76. The summed E-state index contributed by atoms with van der Waals surface area (Å²) in [5.74, 6) is 0.389. The van der Waals surface area contributed by atoms with E-state index in [-0.39, 0.29) is 42.8 Å². The topological polar surface area (TPSA) is 65.0 Å². The number of phosphoric ester groups is 1. The van der Waals surface area contributed by atoms with E-state index >= 15 is 0 Å². The molecule has 0 rings (SSSR count). The van der Waals surface area contributed by atoms with Gasteiger partial charge in [0, 0.05) is 5.88 Å². The molecule has 0 bridgehead atoms. The molecule has 0 amide bonds. The summed E-state index contributed by atoms with van der Waals surface area (Å²) in [4.78, 5) is 0. The van der Waals surface area contributed by atoms with E-state index in [4.69, 9.17) is 25.9 Å². The quantitative estimate of drug-likeness (QED) is 0.174. The van der Waals surface area contributed by atoms with Crippen molar-refractivity contribution in [1.29, 1.82) is 0 Å². The van der Waals surface area contributed by atoms with E-state index in [0.717, 1.165) is 12.8 Å². The first-order valence-corrected chi connectivity index (χ1v) is 6.46. The van der Waals surface area contributed by atoms with Gasteiger partial charge in [-0.1, -0.05) is 13.3 Å². The van der Waals surface area contributed by atoms with Crippen molar-refractivity contribution in [3.63, 3.8) is 0 Å². The Morgan fingerprint density at radius 3 is 2.20 bits per heavy atom. The van der Waals surface area contributed by atoms with E-state index in [1.54, 1.807) is 0 Å². The Morgan fingerprint density at radius 2 is 1.80 bits per heavy atom. The molecule has 88 valence electrons. The van der Waals surface area contributed by atoms with Gasteiger partial charge in [0.15, 0.2) is 0 Å². The van der Waals surface area contributed by atoms with Crippen molar-refractivity contribution in [2.24, 2.45) is 0 Å². The minimum absolute atomic E-state index is 0. The maximum absolute atomic E-state index is 11.4.